The SMILES string of the molecule is CC(=O)C(C)Oc1ccccc1[CH]=[Ru]([Cl])[Cl].CC(C)Oc1ccc(NC(=O)C(F)(F)F)cc1[CH]=[Ru]([Cl])[Cl].[CH2-]C1N(c2c(C(C)C)cccc2C(C)C)CCN1c1c(C(C)C)cccc1C(C)C.[CH2-]C1N(c2c(C)cc(C)cc2C)CCN1c1c(C)cc(C)cc1C. The number of rotatable bonds is 16. The van der Waals surface area contributed by atoms with E-state index in [9.17, 15) is 22.8 Å². The number of alkyl halides is 3. The number of hydrogen-bond donors (Lipinski definition) is 1. The fourth-order valence-electron chi connectivity index (χ4n) is 11.7. The molecule has 0 bridgehead atoms. The van der Waals surface area contributed by atoms with Crippen molar-refractivity contribution >= 4 is 88.1 Å². The standard InChI is InChI=1S/C28H41N2.C22H29N2.C12H12F3NO2.C11H12O2.4ClH.2Ru/c1-18(2)23-12-10-13-24(19(3)4)27(23)29-16-17-30(22(29)9)28-25(20(5)6)14-11-15-26(28)21(7)8;1-14-10-16(3)21(17(4)11-14)23-8-9-24(20(23)7)22-18(5)12-15(2)13-19(22)6;1-7(2)18-10-5-4-9(6-8(10)3)16-11(17)12(13,14)15;1-8-6-4-5-7-11(8)13-10(3)9(2)12;;;;;;/h10-15,18-22H,9,16-17H2,1-8H3;10-13,20H,7-9H2,1-6H3;3-7H,1-2H3,(H,16,17);1,4-7,10H,2-3H3;4*1H;;/q2*-1;;;;;;;2*+2/p-4. The van der Waals surface area contributed by atoms with Crippen LogP contribution in [-0.4, -0.2) is 77.8 Å². The van der Waals surface area contributed by atoms with Crippen molar-refractivity contribution in [3.8, 4) is 11.5 Å². The Morgan fingerprint density at radius 1 is 0.516 bits per heavy atom. The Bertz CT molecular complexity index is 3290. The summed E-state index contributed by atoms with van der Waals surface area (Å²) in [5.74, 6) is 1.00. The molecule has 1 N–H and O–H groups in total. The molecule has 2 heterocycles. The number of halogens is 7. The maximum absolute atomic E-state index is 12.2. The molecule has 8 rings (SSSR count). The number of anilines is 5. The second-order valence-corrected chi connectivity index (χ2v) is 36.3. The van der Waals surface area contributed by atoms with Gasteiger partial charge in [-0.2, -0.15) is 0 Å². The van der Waals surface area contributed by atoms with E-state index in [1.54, 1.807) is 36.8 Å². The van der Waals surface area contributed by atoms with Gasteiger partial charge in [-0.05, 0) is 122 Å². The van der Waals surface area contributed by atoms with Crippen molar-refractivity contribution in [2.45, 2.75) is 179 Å². The van der Waals surface area contributed by atoms with E-state index in [1.807, 2.05) is 18.2 Å². The molecule has 502 valence electrons. The molecule has 18 heteroatoms. The molecule has 0 aliphatic carbocycles. The summed E-state index contributed by atoms with van der Waals surface area (Å²) in [6, 6.07) is 34.3. The van der Waals surface area contributed by atoms with E-state index in [0.29, 0.717) is 40.7 Å². The van der Waals surface area contributed by atoms with E-state index in [1.165, 1.54) is 108 Å². The molecule has 2 fully saturated rings. The van der Waals surface area contributed by atoms with Crippen molar-refractivity contribution in [1.29, 1.82) is 0 Å². The first kappa shape index (κ1) is 76.9. The van der Waals surface area contributed by atoms with Crippen LogP contribution in [0, 0.1) is 55.4 Å². The number of Topliss-reactive ketones (excluding diaryl/α,β-unsaturated/α-hetero) is 1. The Labute approximate surface area is 568 Å². The van der Waals surface area contributed by atoms with Crippen LogP contribution in [0.15, 0.2) is 103 Å². The van der Waals surface area contributed by atoms with Gasteiger partial charge in [0.2, 0.25) is 0 Å². The summed E-state index contributed by atoms with van der Waals surface area (Å²) in [4.78, 5) is 32.1. The number of aryl methyl sites for hydroxylation is 6. The first-order chi connectivity index (χ1) is 42.5. The summed E-state index contributed by atoms with van der Waals surface area (Å²) in [7, 11) is 23.2. The number of hydrogen-bond acceptors (Lipinski definition) is 8. The molecular formula is C73H94Cl4F3N5O4Ru2-2. The van der Waals surface area contributed by atoms with E-state index in [0.717, 1.165) is 31.7 Å². The van der Waals surface area contributed by atoms with Gasteiger partial charge in [-0.25, -0.2) is 0 Å². The first-order valence-corrected chi connectivity index (χ1v) is 41.7. The number of amides is 1. The van der Waals surface area contributed by atoms with Crippen LogP contribution in [0.2, 0.25) is 0 Å². The van der Waals surface area contributed by atoms with Crippen LogP contribution >= 0.6 is 38.8 Å². The van der Waals surface area contributed by atoms with Crippen LogP contribution in [0.4, 0.5) is 41.6 Å². The average Bonchev–Trinajstić information content (AvgIpc) is 1.69. The number of nitrogens with one attached hydrogen (secondary N) is 1. The fourth-order valence-corrected chi connectivity index (χ4v) is 15.3. The van der Waals surface area contributed by atoms with Gasteiger partial charge in [-0.3, -0.25) is 0 Å². The van der Waals surface area contributed by atoms with Crippen LogP contribution in [0.25, 0.3) is 0 Å². The van der Waals surface area contributed by atoms with Gasteiger partial charge in [0.25, 0.3) is 0 Å². The summed E-state index contributed by atoms with van der Waals surface area (Å²) in [6.45, 7) is 51.8. The molecule has 6 aromatic rings. The molecule has 2 aliphatic rings. The van der Waals surface area contributed by atoms with Gasteiger partial charge in [0.1, 0.15) is 0 Å². The Morgan fingerprint density at radius 3 is 1.21 bits per heavy atom. The minimum atomic E-state index is -4.95. The third kappa shape index (κ3) is 21.1. The van der Waals surface area contributed by atoms with Crippen molar-refractivity contribution in [3.05, 3.63) is 184 Å². The molecule has 1 unspecified atom stereocenters. The number of ketones is 1. The van der Waals surface area contributed by atoms with Crippen LogP contribution in [0.3, 0.4) is 0 Å². The van der Waals surface area contributed by atoms with Gasteiger partial charge >= 0.3 is 241 Å². The Balaban J connectivity index is 0.000000226. The second-order valence-electron chi connectivity index (χ2n) is 24.8. The zero-order valence-corrected chi connectivity index (χ0v) is 62.6. The van der Waals surface area contributed by atoms with Crippen molar-refractivity contribution < 1.29 is 59.3 Å². The molecule has 1 amide bonds. The molecule has 1 atom stereocenters. The topological polar surface area (TPSA) is 77.6 Å². The van der Waals surface area contributed by atoms with Gasteiger partial charge in [0.15, 0.2) is 0 Å². The number of carbonyl (C=O) groups excluding carboxylic acids is 2. The summed E-state index contributed by atoms with van der Waals surface area (Å²) in [5, 5.41) is 1.77. The molecule has 0 saturated carbocycles. The maximum atomic E-state index is 12.2. The van der Waals surface area contributed by atoms with Crippen LogP contribution in [-0.2, 0) is 36.6 Å². The molecule has 0 aromatic heterocycles. The Kier molecular flexibility index (Phi) is 29.2. The Hall–Kier alpha value is -4.80. The van der Waals surface area contributed by atoms with E-state index < -0.39 is 45.2 Å². The Morgan fingerprint density at radius 2 is 0.868 bits per heavy atom. The molecule has 0 radical (unpaired) electrons. The van der Waals surface area contributed by atoms with Crippen molar-refractivity contribution in [2.75, 3.05) is 51.1 Å². The van der Waals surface area contributed by atoms with E-state index in [-0.39, 0.29) is 29.9 Å². The predicted octanol–water partition coefficient (Wildman–Crippen LogP) is 19.9. The van der Waals surface area contributed by atoms with Gasteiger partial charge in [-0.1, -0.05) is 127 Å². The van der Waals surface area contributed by atoms with Crippen LogP contribution in [0.1, 0.15) is 174 Å². The molecule has 2 saturated heterocycles. The summed E-state index contributed by atoms with van der Waals surface area (Å²) in [5.41, 5.74) is 20.6. The first-order valence-electron chi connectivity index (χ1n) is 30.8. The average molecular weight is 1510 g/mol. The number of nitrogens with zero attached hydrogens (tertiary/aromatic N) is 4. The molecular weight excluding hydrogens is 1410 g/mol. The second kappa shape index (κ2) is 34.6. The van der Waals surface area contributed by atoms with Crippen molar-refractivity contribution in [3.63, 3.8) is 0 Å². The summed E-state index contributed by atoms with van der Waals surface area (Å²) < 4.78 is 51.0. The van der Waals surface area contributed by atoms with Crippen LogP contribution in [0.5, 0.6) is 11.5 Å². The normalized spacial score (nSPS) is 14.2. The molecule has 0 spiro atoms. The smallest absolute Gasteiger partial charge is 0.0431 e. The fraction of sp³-hybridized carbons (Fsp3) is 0.425. The zero-order valence-electron chi connectivity index (χ0n) is 56.1. The largest absolute Gasteiger partial charge is 0.378 e. The minimum Gasteiger partial charge on any atom is -0.378 e. The van der Waals surface area contributed by atoms with Crippen LogP contribution < -0.4 is 34.4 Å². The van der Waals surface area contributed by atoms with Crippen molar-refractivity contribution in [1.82, 2.24) is 0 Å². The monoisotopic (exact) mass is 1510 g/mol. The summed E-state index contributed by atoms with van der Waals surface area (Å²) >= 11 is -4.08. The van der Waals surface area contributed by atoms with Gasteiger partial charge < -0.3 is 33.4 Å². The predicted molar refractivity (Wildman–Crippen MR) is 376 cm³/mol. The minimum absolute atomic E-state index is 0.0107. The number of carbonyl (C=O) groups is 2. The molecule has 6 aromatic carbocycles. The van der Waals surface area contributed by atoms with Gasteiger partial charge in [0.05, 0.1) is 0 Å². The third-order valence-electron chi connectivity index (χ3n) is 15.8. The molecule has 2 aliphatic heterocycles. The van der Waals surface area contributed by atoms with E-state index in [4.69, 9.17) is 55.2 Å². The maximum Gasteiger partial charge on any atom is 0.0431 e. The summed E-state index contributed by atoms with van der Waals surface area (Å²) in [6.07, 6.45) is -5.31. The van der Waals surface area contributed by atoms with Crippen molar-refractivity contribution in [2.24, 2.45) is 0 Å². The number of benzene rings is 6. The quantitative estimate of drug-likeness (QED) is 0.0759. The molecule has 91 heavy (non-hydrogen) atoms. The van der Waals surface area contributed by atoms with Gasteiger partial charge in [-0.15, -0.1) is 0 Å². The van der Waals surface area contributed by atoms with E-state index >= 15 is 0 Å². The van der Waals surface area contributed by atoms with Gasteiger partial charge in [0, 0.05) is 48.9 Å². The number of para-hydroxylation sites is 3. The van der Waals surface area contributed by atoms with E-state index in [2.05, 4.69) is 184 Å². The zero-order chi connectivity index (χ0) is 68.1. The molecule has 9 nitrogen and oxygen atoms in total. The number of ether oxygens (including phenoxy) is 2. The third-order valence-corrected chi connectivity index (χ3v) is 19.4.